The van der Waals surface area contributed by atoms with E-state index in [0.29, 0.717) is 24.6 Å². The third kappa shape index (κ3) is 2.19. The first-order valence-corrected chi connectivity index (χ1v) is 7.57. The molecule has 0 bridgehead atoms. The van der Waals surface area contributed by atoms with Crippen molar-refractivity contribution in [3.8, 4) is 0 Å². The minimum atomic E-state index is -3.56. The van der Waals surface area contributed by atoms with Gasteiger partial charge in [0.2, 0.25) is 10.0 Å². The molecule has 2 aromatic heterocycles. The zero-order chi connectivity index (χ0) is 14.2. The molecule has 20 heavy (non-hydrogen) atoms. The number of rotatable bonds is 3. The van der Waals surface area contributed by atoms with Gasteiger partial charge in [-0.25, -0.2) is 8.42 Å². The van der Waals surface area contributed by atoms with Crippen LogP contribution in [0, 0.1) is 0 Å². The summed E-state index contributed by atoms with van der Waals surface area (Å²) in [4.78, 5) is 4.20. The number of fused-ring (bicyclic) bond motifs is 1. The van der Waals surface area contributed by atoms with E-state index in [1.807, 2.05) is 4.57 Å². The van der Waals surface area contributed by atoms with E-state index in [1.165, 1.54) is 16.6 Å². The predicted molar refractivity (Wildman–Crippen MR) is 69.7 cm³/mol. The van der Waals surface area contributed by atoms with Crippen LogP contribution in [0.5, 0.6) is 0 Å². The summed E-state index contributed by atoms with van der Waals surface area (Å²) in [5.41, 5.74) is 6.11. The van der Waals surface area contributed by atoms with Gasteiger partial charge in [-0.1, -0.05) is 0 Å². The van der Waals surface area contributed by atoms with Crippen LogP contribution in [0.1, 0.15) is 11.5 Å². The first kappa shape index (κ1) is 13.2. The second-order valence-electron chi connectivity index (χ2n) is 4.47. The highest BCUT2D eigenvalue weighted by molar-refractivity contribution is 7.89. The Morgan fingerprint density at radius 1 is 1.30 bits per heavy atom. The number of nitrogens with zero attached hydrogens (tertiary/aromatic N) is 5. The third-order valence-corrected chi connectivity index (χ3v) is 5.08. The Labute approximate surface area is 116 Å². The average molecular weight is 294 g/mol. The molecule has 106 valence electrons. The summed E-state index contributed by atoms with van der Waals surface area (Å²) in [6, 6.07) is 3.16. The Balaban J connectivity index is 1.88. The lowest BCUT2D eigenvalue weighted by Gasteiger charge is -2.26. The van der Waals surface area contributed by atoms with Crippen molar-refractivity contribution in [2.24, 2.45) is 5.73 Å². The van der Waals surface area contributed by atoms with E-state index in [0.717, 1.165) is 0 Å². The molecule has 8 nitrogen and oxygen atoms in total. The van der Waals surface area contributed by atoms with Gasteiger partial charge in [-0.3, -0.25) is 4.98 Å². The predicted octanol–water partition coefficient (Wildman–Crippen LogP) is -0.664. The van der Waals surface area contributed by atoms with Gasteiger partial charge in [0.05, 0.1) is 12.2 Å². The zero-order valence-electron chi connectivity index (χ0n) is 10.7. The Bertz CT molecular complexity index is 709. The second kappa shape index (κ2) is 4.93. The van der Waals surface area contributed by atoms with Crippen LogP contribution in [0.2, 0.25) is 0 Å². The maximum Gasteiger partial charge on any atom is 0.245 e. The van der Waals surface area contributed by atoms with Crippen LogP contribution in [0.4, 0.5) is 0 Å². The monoisotopic (exact) mass is 294 g/mol. The number of pyridine rings is 1. The number of nitrogens with two attached hydrogens (primary N) is 1. The molecular formula is C11H14N6O2S. The Morgan fingerprint density at radius 2 is 2.15 bits per heavy atom. The minimum absolute atomic E-state index is 0.169. The molecule has 0 aliphatic carbocycles. The molecule has 3 heterocycles. The first-order valence-electron chi connectivity index (χ1n) is 6.13. The van der Waals surface area contributed by atoms with Crippen LogP contribution in [0.3, 0.4) is 0 Å². The standard InChI is InChI=1S/C11H14N6O2S/c12-5-9-1-2-10(6-13-9)20(18,19)17-4-3-16-8-14-15-11(16)7-17/h1-2,6,8H,3-5,7,12H2. The molecule has 0 aromatic carbocycles. The van der Waals surface area contributed by atoms with Crippen molar-refractivity contribution in [3.05, 3.63) is 36.2 Å². The van der Waals surface area contributed by atoms with Crippen molar-refractivity contribution < 1.29 is 8.42 Å². The largest absolute Gasteiger partial charge is 0.325 e. The molecule has 2 aromatic rings. The number of hydrogen-bond donors (Lipinski definition) is 1. The van der Waals surface area contributed by atoms with Crippen LogP contribution in [0.25, 0.3) is 0 Å². The molecule has 0 atom stereocenters. The molecule has 2 N–H and O–H groups in total. The molecule has 0 saturated heterocycles. The maximum atomic E-state index is 12.5. The molecule has 9 heteroatoms. The summed E-state index contributed by atoms with van der Waals surface area (Å²) in [6.07, 6.45) is 2.95. The summed E-state index contributed by atoms with van der Waals surface area (Å²) in [5, 5.41) is 7.70. The van der Waals surface area contributed by atoms with Gasteiger partial charge in [0.1, 0.15) is 17.0 Å². The van der Waals surface area contributed by atoms with E-state index in [1.54, 1.807) is 12.4 Å². The van der Waals surface area contributed by atoms with Crippen molar-refractivity contribution in [1.29, 1.82) is 0 Å². The highest BCUT2D eigenvalue weighted by atomic mass is 32.2. The fraction of sp³-hybridized carbons (Fsp3) is 0.364. The van der Waals surface area contributed by atoms with Crippen molar-refractivity contribution >= 4 is 10.0 Å². The zero-order valence-corrected chi connectivity index (χ0v) is 11.5. The fourth-order valence-corrected chi connectivity index (χ4v) is 3.41. The van der Waals surface area contributed by atoms with Crippen molar-refractivity contribution in [2.45, 2.75) is 24.5 Å². The van der Waals surface area contributed by atoms with Gasteiger partial charge in [0, 0.05) is 25.8 Å². The van der Waals surface area contributed by atoms with Gasteiger partial charge in [0.15, 0.2) is 0 Å². The highest BCUT2D eigenvalue weighted by Crippen LogP contribution is 2.20. The van der Waals surface area contributed by atoms with E-state index in [-0.39, 0.29) is 18.0 Å². The van der Waals surface area contributed by atoms with Crippen LogP contribution in [0.15, 0.2) is 29.6 Å². The number of hydrogen-bond acceptors (Lipinski definition) is 6. The summed E-state index contributed by atoms with van der Waals surface area (Å²) in [7, 11) is -3.56. The second-order valence-corrected chi connectivity index (χ2v) is 6.41. The quantitative estimate of drug-likeness (QED) is 0.805. The van der Waals surface area contributed by atoms with Gasteiger partial charge in [-0.15, -0.1) is 10.2 Å². The Morgan fingerprint density at radius 3 is 2.85 bits per heavy atom. The molecule has 0 saturated carbocycles. The van der Waals surface area contributed by atoms with Crippen LogP contribution in [-0.4, -0.2) is 39.0 Å². The van der Waals surface area contributed by atoms with Crippen molar-refractivity contribution in [2.75, 3.05) is 6.54 Å². The molecule has 0 spiro atoms. The van der Waals surface area contributed by atoms with Crippen LogP contribution >= 0.6 is 0 Å². The maximum absolute atomic E-state index is 12.5. The fourth-order valence-electron chi connectivity index (χ4n) is 2.08. The molecular weight excluding hydrogens is 280 g/mol. The molecule has 1 aliphatic rings. The molecule has 0 amide bonds. The summed E-state index contributed by atoms with van der Waals surface area (Å²) < 4.78 is 28.3. The summed E-state index contributed by atoms with van der Waals surface area (Å²) in [5.74, 6) is 0.645. The Hall–Kier alpha value is -1.84. The summed E-state index contributed by atoms with van der Waals surface area (Å²) in [6.45, 7) is 1.45. The van der Waals surface area contributed by atoms with Crippen molar-refractivity contribution in [3.63, 3.8) is 0 Å². The topological polar surface area (TPSA) is 107 Å². The third-order valence-electron chi connectivity index (χ3n) is 3.25. The van der Waals surface area contributed by atoms with E-state index in [9.17, 15) is 8.42 Å². The van der Waals surface area contributed by atoms with E-state index in [4.69, 9.17) is 5.73 Å². The Kier molecular flexibility index (Phi) is 3.24. The first-order chi connectivity index (χ1) is 9.61. The van der Waals surface area contributed by atoms with Gasteiger partial charge >= 0.3 is 0 Å². The van der Waals surface area contributed by atoms with Gasteiger partial charge in [-0.05, 0) is 12.1 Å². The molecule has 0 fully saturated rings. The lowest BCUT2D eigenvalue weighted by Crippen LogP contribution is -2.38. The van der Waals surface area contributed by atoms with E-state index < -0.39 is 10.0 Å². The van der Waals surface area contributed by atoms with Crippen molar-refractivity contribution in [1.82, 2.24) is 24.1 Å². The normalized spacial score (nSPS) is 16.1. The number of sulfonamides is 1. The summed E-state index contributed by atoms with van der Waals surface area (Å²) >= 11 is 0. The molecule has 3 rings (SSSR count). The molecule has 0 unspecified atom stereocenters. The number of aromatic nitrogens is 4. The van der Waals surface area contributed by atoms with E-state index in [2.05, 4.69) is 15.2 Å². The highest BCUT2D eigenvalue weighted by Gasteiger charge is 2.29. The molecule has 0 radical (unpaired) electrons. The van der Waals surface area contributed by atoms with Gasteiger partial charge in [0.25, 0.3) is 0 Å². The van der Waals surface area contributed by atoms with Crippen LogP contribution < -0.4 is 5.73 Å². The van der Waals surface area contributed by atoms with Gasteiger partial charge in [-0.2, -0.15) is 4.31 Å². The van der Waals surface area contributed by atoms with Crippen LogP contribution in [-0.2, 0) is 29.7 Å². The average Bonchev–Trinajstić information content (AvgIpc) is 2.94. The minimum Gasteiger partial charge on any atom is -0.325 e. The van der Waals surface area contributed by atoms with Gasteiger partial charge < -0.3 is 10.3 Å². The van der Waals surface area contributed by atoms with E-state index >= 15 is 0 Å². The lowest BCUT2D eigenvalue weighted by atomic mass is 10.4. The smallest absolute Gasteiger partial charge is 0.245 e. The molecule has 1 aliphatic heterocycles. The SMILES string of the molecule is NCc1ccc(S(=O)(=O)N2CCn3cnnc3C2)cn1. The lowest BCUT2D eigenvalue weighted by molar-refractivity contribution is 0.335.